The van der Waals surface area contributed by atoms with Crippen molar-refractivity contribution in [3.05, 3.63) is 0 Å². The zero-order valence-electron chi connectivity index (χ0n) is 12.2. The fraction of sp³-hybridized carbons (Fsp3) is 1.00. The Morgan fingerprint density at radius 1 is 1.22 bits per heavy atom. The highest BCUT2D eigenvalue weighted by molar-refractivity contribution is 5.01. The number of alkyl halides is 3. The number of likely N-dealkylation sites (tertiary alicyclic amines) is 1. The Balaban J connectivity index is 2.74. The van der Waals surface area contributed by atoms with E-state index in [1.54, 1.807) is 7.05 Å². The largest absolute Gasteiger partial charge is 0.401 e. The molecule has 0 spiro atoms. The molecular formula is C13H25F3N2. The first kappa shape index (κ1) is 15.8. The van der Waals surface area contributed by atoms with Crippen LogP contribution in [0.25, 0.3) is 0 Å². The third kappa shape index (κ3) is 3.85. The zero-order chi connectivity index (χ0) is 14.4. The van der Waals surface area contributed by atoms with E-state index < -0.39 is 12.7 Å². The number of likely N-dealkylation sites (N-methyl/N-ethyl adjacent to an activating group) is 1. The predicted octanol–water partition coefficient (Wildman–Crippen LogP) is 3.13. The van der Waals surface area contributed by atoms with Crippen molar-refractivity contribution in [3.8, 4) is 0 Å². The Morgan fingerprint density at radius 3 is 2.06 bits per heavy atom. The molecule has 0 bridgehead atoms. The van der Waals surface area contributed by atoms with Crippen LogP contribution in [0.5, 0.6) is 0 Å². The van der Waals surface area contributed by atoms with Crippen LogP contribution in [0, 0.1) is 0 Å². The summed E-state index contributed by atoms with van der Waals surface area (Å²) in [6.07, 6.45) is -3.34. The molecule has 1 aliphatic rings. The van der Waals surface area contributed by atoms with Gasteiger partial charge < -0.3 is 0 Å². The third-order valence-corrected chi connectivity index (χ3v) is 3.72. The summed E-state index contributed by atoms with van der Waals surface area (Å²) in [5.74, 6) is 0. The summed E-state index contributed by atoms with van der Waals surface area (Å²) in [6.45, 7) is 10.4. The Morgan fingerprint density at radius 2 is 1.72 bits per heavy atom. The van der Waals surface area contributed by atoms with E-state index >= 15 is 0 Å². The summed E-state index contributed by atoms with van der Waals surface area (Å²) < 4.78 is 37.3. The average molecular weight is 266 g/mol. The highest BCUT2D eigenvalue weighted by atomic mass is 19.4. The van der Waals surface area contributed by atoms with Gasteiger partial charge in [0.2, 0.25) is 0 Å². The standard InChI is InChI=1S/C13H25F3N2/c1-11(2,3)18-8-10(7-12(18,4)5)17(6)9-13(14,15)16/h10H,7-9H2,1-6H3/t10-/m0/s1. The molecule has 1 atom stereocenters. The minimum Gasteiger partial charge on any atom is -0.294 e. The minimum atomic E-state index is -4.12. The molecule has 108 valence electrons. The van der Waals surface area contributed by atoms with Crippen molar-refractivity contribution < 1.29 is 13.2 Å². The van der Waals surface area contributed by atoms with E-state index in [1.807, 2.05) is 0 Å². The van der Waals surface area contributed by atoms with Gasteiger partial charge in [-0.05, 0) is 48.1 Å². The maximum absolute atomic E-state index is 12.4. The van der Waals surface area contributed by atoms with E-state index in [0.717, 1.165) is 6.42 Å². The number of hydrogen-bond donors (Lipinski definition) is 0. The molecule has 2 nitrogen and oxygen atoms in total. The Bertz CT molecular complexity index is 292. The maximum Gasteiger partial charge on any atom is 0.401 e. The van der Waals surface area contributed by atoms with E-state index in [0.29, 0.717) is 6.54 Å². The van der Waals surface area contributed by atoms with Gasteiger partial charge in [-0.25, -0.2) is 0 Å². The van der Waals surface area contributed by atoms with Crippen LogP contribution >= 0.6 is 0 Å². The molecule has 0 aromatic heterocycles. The van der Waals surface area contributed by atoms with Crippen molar-refractivity contribution in [2.75, 3.05) is 20.1 Å². The van der Waals surface area contributed by atoms with Crippen molar-refractivity contribution in [2.24, 2.45) is 0 Å². The lowest BCUT2D eigenvalue weighted by Crippen LogP contribution is -2.50. The molecule has 0 aromatic rings. The van der Waals surface area contributed by atoms with Crippen LogP contribution in [-0.4, -0.2) is 53.2 Å². The van der Waals surface area contributed by atoms with E-state index in [4.69, 9.17) is 0 Å². The van der Waals surface area contributed by atoms with Gasteiger partial charge in [-0.15, -0.1) is 0 Å². The second kappa shape index (κ2) is 4.67. The predicted molar refractivity (Wildman–Crippen MR) is 67.6 cm³/mol. The summed E-state index contributed by atoms with van der Waals surface area (Å²) in [7, 11) is 1.57. The van der Waals surface area contributed by atoms with E-state index in [1.165, 1.54) is 4.90 Å². The lowest BCUT2D eigenvalue weighted by atomic mass is 9.95. The van der Waals surface area contributed by atoms with Gasteiger partial charge >= 0.3 is 6.18 Å². The molecule has 0 N–H and O–H groups in total. The molecule has 0 aliphatic carbocycles. The number of nitrogens with zero attached hydrogens (tertiary/aromatic N) is 2. The number of halogens is 3. The number of rotatable bonds is 2. The summed E-state index contributed by atoms with van der Waals surface area (Å²) in [5, 5.41) is 0. The zero-order valence-corrected chi connectivity index (χ0v) is 12.2. The Hall–Kier alpha value is -0.290. The topological polar surface area (TPSA) is 6.48 Å². The van der Waals surface area contributed by atoms with Crippen molar-refractivity contribution in [1.29, 1.82) is 0 Å². The number of hydrogen-bond acceptors (Lipinski definition) is 2. The van der Waals surface area contributed by atoms with Gasteiger partial charge in [0.15, 0.2) is 0 Å². The summed E-state index contributed by atoms with van der Waals surface area (Å²) in [5.41, 5.74) is -0.0693. The minimum absolute atomic E-state index is 0.0165. The summed E-state index contributed by atoms with van der Waals surface area (Å²) in [4.78, 5) is 3.74. The Labute approximate surface area is 108 Å². The van der Waals surface area contributed by atoms with Crippen LogP contribution in [0.4, 0.5) is 13.2 Å². The SMILES string of the molecule is CN(CC(F)(F)F)[C@@H]1CN(C(C)(C)C)C(C)(C)C1. The second-order valence-electron chi connectivity index (χ2n) is 6.98. The van der Waals surface area contributed by atoms with E-state index in [-0.39, 0.29) is 17.1 Å². The quantitative estimate of drug-likeness (QED) is 0.757. The van der Waals surface area contributed by atoms with E-state index in [9.17, 15) is 13.2 Å². The van der Waals surface area contributed by atoms with E-state index in [2.05, 4.69) is 39.5 Å². The molecule has 0 saturated carbocycles. The van der Waals surface area contributed by atoms with Gasteiger partial charge in [0, 0.05) is 23.7 Å². The fourth-order valence-corrected chi connectivity index (χ4v) is 3.10. The molecule has 18 heavy (non-hydrogen) atoms. The highest BCUT2D eigenvalue weighted by Crippen LogP contribution is 2.37. The first-order chi connectivity index (χ1) is 7.83. The van der Waals surface area contributed by atoms with Crippen LogP contribution in [0.3, 0.4) is 0 Å². The highest BCUT2D eigenvalue weighted by Gasteiger charge is 2.45. The lowest BCUT2D eigenvalue weighted by Gasteiger charge is -2.42. The lowest BCUT2D eigenvalue weighted by molar-refractivity contribution is -0.147. The molecule has 5 heteroatoms. The van der Waals surface area contributed by atoms with Gasteiger partial charge in [-0.2, -0.15) is 13.2 Å². The molecule has 0 aromatic carbocycles. The van der Waals surface area contributed by atoms with Crippen molar-refractivity contribution in [1.82, 2.24) is 9.80 Å². The van der Waals surface area contributed by atoms with Crippen molar-refractivity contribution >= 4 is 0 Å². The normalized spacial score (nSPS) is 26.0. The summed E-state index contributed by atoms with van der Waals surface area (Å²) >= 11 is 0. The maximum atomic E-state index is 12.4. The molecular weight excluding hydrogens is 241 g/mol. The van der Waals surface area contributed by atoms with Crippen molar-refractivity contribution in [3.63, 3.8) is 0 Å². The first-order valence-corrected chi connectivity index (χ1v) is 6.38. The molecule has 1 aliphatic heterocycles. The van der Waals surface area contributed by atoms with Gasteiger partial charge in [0.25, 0.3) is 0 Å². The first-order valence-electron chi connectivity index (χ1n) is 6.38. The Kier molecular flexibility index (Phi) is 4.09. The molecule has 0 unspecified atom stereocenters. The van der Waals surface area contributed by atoms with Crippen LogP contribution in [0.1, 0.15) is 41.0 Å². The van der Waals surface area contributed by atoms with Crippen LogP contribution in [0.15, 0.2) is 0 Å². The van der Waals surface area contributed by atoms with Gasteiger partial charge in [-0.1, -0.05) is 0 Å². The van der Waals surface area contributed by atoms with Crippen LogP contribution in [0.2, 0.25) is 0 Å². The molecule has 1 heterocycles. The average Bonchev–Trinajstić information content (AvgIpc) is 2.37. The molecule has 0 amide bonds. The van der Waals surface area contributed by atoms with Crippen LogP contribution in [-0.2, 0) is 0 Å². The molecule has 0 radical (unpaired) electrons. The third-order valence-electron chi connectivity index (χ3n) is 3.72. The smallest absolute Gasteiger partial charge is 0.294 e. The van der Waals surface area contributed by atoms with Gasteiger partial charge in [0.1, 0.15) is 0 Å². The monoisotopic (exact) mass is 266 g/mol. The van der Waals surface area contributed by atoms with Crippen LogP contribution < -0.4 is 0 Å². The molecule has 1 rings (SSSR count). The van der Waals surface area contributed by atoms with Gasteiger partial charge in [-0.3, -0.25) is 9.80 Å². The van der Waals surface area contributed by atoms with Crippen molar-refractivity contribution in [2.45, 2.75) is 64.3 Å². The van der Waals surface area contributed by atoms with Gasteiger partial charge in [0.05, 0.1) is 6.54 Å². The molecule has 1 fully saturated rings. The second-order valence-corrected chi connectivity index (χ2v) is 6.98. The summed E-state index contributed by atoms with van der Waals surface area (Å²) in [6, 6.07) is -0.0270. The fourth-order valence-electron chi connectivity index (χ4n) is 3.10. The molecule has 1 saturated heterocycles.